The number of amides is 3. The molecule has 0 unspecified atom stereocenters. The highest BCUT2D eigenvalue weighted by molar-refractivity contribution is 5.96. The van der Waals surface area contributed by atoms with Crippen LogP contribution in [0.2, 0.25) is 0 Å². The third-order valence-corrected chi connectivity index (χ3v) is 3.20. The van der Waals surface area contributed by atoms with E-state index in [0.717, 1.165) is 30.9 Å². The first-order chi connectivity index (χ1) is 10.2. The normalized spacial score (nSPS) is 13.8. The van der Waals surface area contributed by atoms with Crippen LogP contribution >= 0.6 is 0 Å². The molecule has 1 aliphatic heterocycles. The van der Waals surface area contributed by atoms with Gasteiger partial charge in [0.2, 0.25) is 5.91 Å². The second-order valence-electron chi connectivity index (χ2n) is 4.77. The number of fused-ring (bicyclic) bond motifs is 1. The minimum atomic E-state index is -0.499. The van der Waals surface area contributed by atoms with Crippen LogP contribution in [0.3, 0.4) is 0 Å². The fourth-order valence-corrected chi connectivity index (χ4v) is 2.24. The number of urea groups is 1. The summed E-state index contributed by atoms with van der Waals surface area (Å²) in [6.45, 7) is 6.28. The Kier molecular flexibility index (Phi) is 5.34. The van der Waals surface area contributed by atoms with E-state index < -0.39 is 6.03 Å². The average molecular weight is 288 g/mol. The highest BCUT2D eigenvalue weighted by atomic mass is 16.2. The fraction of sp³-hybridized carbons (Fsp3) is 0.333. The molecule has 0 saturated heterocycles. The quantitative estimate of drug-likeness (QED) is 0.710. The van der Waals surface area contributed by atoms with Gasteiger partial charge in [0.1, 0.15) is 0 Å². The number of benzene rings is 1. The van der Waals surface area contributed by atoms with Crippen LogP contribution in [0.25, 0.3) is 0 Å². The summed E-state index contributed by atoms with van der Waals surface area (Å²) in [6.07, 6.45) is 1.56. The van der Waals surface area contributed by atoms with Crippen molar-refractivity contribution in [2.45, 2.75) is 6.54 Å². The van der Waals surface area contributed by atoms with Crippen LogP contribution in [0.15, 0.2) is 36.9 Å². The molecule has 2 rings (SSSR count). The lowest BCUT2D eigenvalue weighted by molar-refractivity contribution is -0.118. The Morgan fingerprint density at radius 3 is 3.00 bits per heavy atom. The third-order valence-electron chi connectivity index (χ3n) is 3.20. The molecule has 0 atom stereocenters. The number of nitrogens with one attached hydrogen (secondary N) is 3. The van der Waals surface area contributed by atoms with E-state index >= 15 is 0 Å². The van der Waals surface area contributed by atoms with Crippen LogP contribution in [0, 0.1) is 0 Å². The smallest absolute Gasteiger partial charge is 0.321 e. The minimum Gasteiger partial charge on any atom is -0.361 e. The maximum absolute atomic E-state index is 11.9. The van der Waals surface area contributed by atoms with Gasteiger partial charge in [-0.15, -0.1) is 6.58 Å². The molecule has 1 heterocycles. The first kappa shape index (κ1) is 15.1. The van der Waals surface area contributed by atoms with Crippen LogP contribution in [0.1, 0.15) is 5.56 Å². The minimum absolute atomic E-state index is 0.153. The lowest BCUT2D eigenvalue weighted by Crippen LogP contribution is -2.45. The van der Waals surface area contributed by atoms with E-state index in [-0.39, 0.29) is 12.5 Å². The van der Waals surface area contributed by atoms with E-state index in [1.54, 1.807) is 6.08 Å². The number of hydrogen-bond acceptors (Lipinski definition) is 4. The van der Waals surface area contributed by atoms with Crippen molar-refractivity contribution in [3.8, 4) is 0 Å². The van der Waals surface area contributed by atoms with E-state index in [0.29, 0.717) is 6.54 Å². The molecule has 3 N–H and O–H groups in total. The lowest BCUT2D eigenvalue weighted by Gasteiger charge is -2.23. The Balaban J connectivity index is 1.97. The molecule has 0 aromatic heterocycles. The van der Waals surface area contributed by atoms with E-state index in [1.165, 1.54) is 0 Å². The maximum Gasteiger partial charge on any atom is 0.321 e. The Labute approximate surface area is 124 Å². The zero-order chi connectivity index (χ0) is 15.1. The van der Waals surface area contributed by atoms with Crippen molar-refractivity contribution in [3.05, 3.63) is 42.5 Å². The molecular weight excluding hydrogens is 268 g/mol. The summed E-state index contributed by atoms with van der Waals surface area (Å²) >= 11 is 0. The summed E-state index contributed by atoms with van der Waals surface area (Å²) < 4.78 is 0. The van der Waals surface area contributed by atoms with Crippen LogP contribution in [0.4, 0.5) is 10.5 Å². The number of carbonyl (C=O) groups excluding carboxylic acids is 2. The van der Waals surface area contributed by atoms with Crippen LogP contribution in [-0.4, -0.2) is 38.1 Å². The van der Waals surface area contributed by atoms with Crippen molar-refractivity contribution in [1.82, 2.24) is 16.0 Å². The predicted molar refractivity (Wildman–Crippen MR) is 82.1 cm³/mol. The molecule has 21 heavy (non-hydrogen) atoms. The number of hydrogen-bond donors (Lipinski definition) is 3. The number of para-hydroxylation sites is 1. The van der Waals surface area contributed by atoms with Crippen LogP contribution in [0.5, 0.6) is 0 Å². The van der Waals surface area contributed by atoms with E-state index in [2.05, 4.69) is 22.5 Å². The topological polar surface area (TPSA) is 73.5 Å². The molecule has 0 aliphatic carbocycles. The molecule has 3 amide bonds. The van der Waals surface area contributed by atoms with Crippen LogP contribution in [-0.2, 0) is 11.3 Å². The van der Waals surface area contributed by atoms with Gasteiger partial charge in [-0.1, -0.05) is 24.3 Å². The van der Waals surface area contributed by atoms with Gasteiger partial charge < -0.3 is 15.5 Å². The number of anilines is 1. The molecule has 0 fully saturated rings. The van der Waals surface area contributed by atoms with Crippen molar-refractivity contribution in [2.75, 3.05) is 31.1 Å². The van der Waals surface area contributed by atoms with E-state index in [9.17, 15) is 9.59 Å². The van der Waals surface area contributed by atoms with Crippen molar-refractivity contribution in [1.29, 1.82) is 0 Å². The summed E-state index contributed by atoms with van der Waals surface area (Å²) in [5, 5.41) is 8.14. The number of nitrogens with zero attached hydrogens (tertiary/aromatic N) is 1. The number of carbonyl (C=O) groups is 2. The summed E-state index contributed by atoms with van der Waals surface area (Å²) in [5.74, 6) is -0.326. The molecule has 0 bridgehead atoms. The molecule has 1 aromatic rings. The molecule has 112 valence electrons. The summed E-state index contributed by atoms with van der Waals surface area (Å²) in [4.78, 5) is 25.4. The van der Waals surface area contributed by atoms with Gasteiger partial charge in [-0.25, -0.2) is 4.79 Å². The predicted octanol–water partition coefficient (Wildman–Crippen LogP) is 0.608. The Bertz CT molecular complexity index is 530. The van der Waals surface area contributed by atoms with Crippen molar-refractivity contribution in [2.24, 2.45) is 0 Å². The SMILES string of the molecule is C=CCNC(=O)NC(=O)CN1CCNCc2ccccc21. The summed E-state index contributed by atoms with van der Waals surface area (Å²) in [5.41, 5.74) is 2.18. The first-order valence-corrected chi connectivity index (χ1v) is 6.93. The van der Waals surface area contributed by atoms with Crippen molar-refractivity contribution < 1.29 is 9.59 Å². The van der Waals surface area contributed by atoms with Gasteiger partial charge in [0.25, 0.3) is 0 Å². The van der Waals surface area contributed by atoms with Crippen molar-refractivity contribution >= 4 is 17.6 Å². The van der Waals surface area contributed by atoms with Crippen molar-refractivity contribution in [3.63, 3.8) is 0 Å². The Morgan fingerprint density at radius 2 is 2.19 bits per heavy atom. The lowest BCUT2D eigenvalue weighted by atomic mass is 10.1. The van der Waals surface area contributed by atoms with Gasteiger partial charge in [-0.05, 0) is 11.6 Å². The third kappa shape index (κ3) is 4.32. The molecule has 1 aromatic carbocycles. The monoisotopic (exact) mass is 288 g/mol. The van der Waals surface area contributed by atoms with Gasteiger partial charge in [0, 0.05) is 31.9 Å². The number of rotatable bonds is 4. The standard InChI is InChI=1S/C15H20N4O2/c1-2-7-17-15(21)18-14(20)11-19-9-8-16-10-12-5-3-4-6-13(12)19/h2-6,16H,1,7-11H2,(H2,17,18,20,21). The molecular formula is C15H20N4O2. The Morgan fingerprint density at radius 1 is 1.38 bits per heavy atom. The molecule has 1 aliphatic rings. The largest absolute Gasteiger partial charge is 0.361 e. The van der Waals surface area contributed by atoms with Gasteiger partial charge >= 0.3 is 6.03 Å². The second kappa shape index (κ2) is 7.44. The fourth-order valence-electron chi connectivity index (χ4n) is 2.24. The van der Waals surface area contributed by atoms with Crippen LogP contribution < -0.4 is 20.9 Å². The summed E-state index contributed by atoms with van der Waals surface area (Å²) in [7, 11) is 0. The Hall–Kier alpha value is -2.34. The second-order valence-corrected chi connectivity index (χ2v) is 4.77. The zero-order valence-electron chi connectivity index (χ0n) is 11.9. The van der Waals surface area contributed by atoms with Gasteiger partial charge in [-0.2, -0.15) is 0 Å². The average Bonchev–Trinajstić information content (AvgIpc) is 2.68. The van der Waals surface area contributed by atoms with Gasteiger partial charge in [0.15, 0.2) is 0 Å². The molecule has 0 radical (unpaired) electrons. The molecule has 6 nitrogen and oxygen atoms in total. The number of imide groups is 1. The van der Waals surface area contributed by atoms with E-state index in [4.69, 9.17) is 0 Å². The zero-order valence-corrected chi connectivity index (χ0v) is 11.9. The first-order valence-electron chi connectivity index (χ1n) is 6.93. The molecule has 6 heteroatoms. The molecule has 0 spiro atoms. The van der Waals surface area contributed by atoms with E-state index in [1.807, 2.05) is 29.2 Å². The maximum atomic E-state index is 11.9. The molecule has 0 saturated carbocycles. The van der Waals surface area contributed by atoms with Gasteiger partial charge in [0.05, 0.1) is 6.54 Å². The highest BCUT2D eigenvalue weighted by Crippen LogP contribution is 2.21. The summed E-state index contributed by atoms with van der Waals surface area (Å²) in [6, 6.07) is 7.46. The van der Waals surface area contributed by atoms with Gasteiger partial charge in [-0.3, -0.25) is 10.1 Å². The highest BCUT2D eigenvalue weighted by Gasteiger charge is 2.18.